The molecule has 1 amide bonds. The first-order valence-electron chi connectivity index (χ1n) is 6.64. The van der Waals surface area contributed by atoms with Crippen LogP contribution in [0.3, 0.4) is 0 Å². The van der Waals surface area contributed by atoms with Crippen LogP contribution in [0.4, 0.5) is 0 Å². The lowest BCUT2D eigenvalue weighted by Crippen LogP contribution is -2.53. The molecule has 0 spiro atoms. The standard InChI is InChI=1S/C12H20N4O3S2/c1-9-11(20-10(2)13-9)12(17)15-5-7-16(8-6-15)21(18,19)14(3)4/h5-8H2,1-4H3. The van der Waals surface area contributed by atoms with Crippen molar-refractivity contribution in [3.63, 3.8) is 0 Å². The SMILES string of the molecule is Cc1nc(C)c(C(=O)N2CCN(S(=O)(=O)N(C)C)CC2)s1. The molecule has 1 aromatic heterocycles. The third kappa shape index (κ3) is 3.25. The van der Waals surface area contributed by atoms with E-state index in [9.17, 15) is 13.2 Å². The van der Waals surface area contributed by atoms with E-state index < -0.39 is 10.2 Å². The fraction of sp³-hybridized carbons (Fsp3) is 0.667. The predicted octanol–water partition coefficient (Wildman–Crippen LogP) is 0.324. The number of aryl methyl sites for hydroxylation is 2. The molecule has 7 nitrogen and oxygen atoms in total. The number of carbonyl (C=O) groups is 1. The third-order valence-electron chi connectivity index (χ3n) is 3.41. The highest BCUT2D eigenvalue weighted by Crippen LogP contribution is 2.20. The normalized spacial score (nSPS) is 17.5. The first kappa shape index (κ1) is 16.3. The molecule has 1 aromatic rings. The van der Waals surface area contributed by atoms with E-state index in [1.165, 1.54) is 34.0 Å². The number of thiazole rings is 1. The van der Waals surface area contributed by atoms with Gasteiger partial charge >= 0.3 is 0 Å². The summed E-state index contributed by atoms with van der Waals surface area (Å²) in [6.07, 6.45) is 0. The summed E-state index contributed by atoms with van der Waals surface area (Å²) in [5.74, 6) is -0.0556. The van der Waals surface area contributed by atoms with Gasteiger partial charge in [0, 0.05) is 40.3 Å². The van der Waals surface area contributed by atoms with Gasteiger partial charge in [0.15, 0.2) is 0 Å². The molecule has 1 saturated heterocycles. The Morgan fingerprint density at radius 3 is 2.19 bits per heavy atom. The van der Waals surface area contributed by atoms with Gasteiger partial charge in [-0.3, -0.25) is 4.79 Å². The average Bonchev–Trinajstić information content (AvgIpc) is 2.77. The van der Waals surface area contributed by atoms with E-state index in [0.29, 0.717) is 31.1 Å². The van der Waals surface area contributed by atoms with E-state index >= 15 is 0 Å². The van der Waals surface area contributed by atoms with Gasteiger partial charge in [-0.1, -0.05) is 0 Å². The molecular formula is C12H20N4O3S2. The largest absolute Gasteiger partial charge is 0.335 e. The average molecular weight is 332 g/mol. The van der Waals surface area contributed by atoms with Gasteiger partial charge in [-0.05, 0) is 13.8 Å². The second kappa shape index (κ2) is 5.99. The highest BCUT2D eigenvalue weighted by atomic mass is 32.2. The van der Waals surface area contributed by atoms with Crippen LogP contribution in [0.2, 0.25) is 0 Å². The molecule has 9 heteroatoms. The highest BCUT2D eigenvalue weighted by Gasteiger charge is 2.31. The zero-order chi connectivity index (χ0) is 15.8. The van der Waals surface area contributed by atoms with E-state index in [2.05, 4.69) is 4.98 Å². The Labute approximate surface area is 129 Å². The van der Waals surface area contributed by atoms with Crippen LogP contribution >= 0.6 is 11.3 Å². The molecule has 0 radical (unpaired) electrons. The smallest absolute Gasteiger partial charge is 0.281 e. The molecule has 0 aliphatic carbocycles. The van der Waals surface area contributed by atoms with Crippen molar-refractivity contribution in [2.24, 2.45) is 0 Å². The molecule has 0 saturated carbocycles. The van der Waals surface area contributed by atoms with Crippen molar-refractivity contribution in [3.8, 4) is 0 Å². The summed E-state index contributed by atoms with van der Waals surface area (Å²) >= 11 is 1.38. The minimum Gasteiger partial charge on any atom is -0.335 e. The minimum absolute atomic E-state index is 0.0556. The van der Waals surface area contributed by atoms with Crippen molar-refractivity contribution in [1.29, 1.82) is 0 Å². The van der Waals surface area contributed by atoms with Crippen LogP contribution in [0.25, 0.3) is 0 Å². The van der Waals surface area contributed by atoms with Crippen molar-refractivity contribution in [1.82, 2.24) is 18.5 Å². The summed E-state index contributed by atoms with van der Waals surface area (Å²) in [5.41, 5.74) is 0.742. The number of rotatable bonds is 3. The van der Waals surface area contributed by atoms with Gasteiger partial charge in [0.2, 0.25) is 0 Å². The van der Waals surface area contributed by atoms with Crippen LogP contribution in [-0.4, -0.2) is 73.1 Å². The fourth-order valence-electron chi connectivity index (χ4n) is 2.23. The van der Waals surface area contributed by atoms with Crippen molar-refractivity contribution < 1.29 is 13.2 Å². The van der Waals surface area contributed by atoms with Crippen LogP contribution in [0, 0.1) is 13.8 Å². The molecule has 1 fully saturated rings. The number of amides is 1. The number of hydrogen-bond acceptors (Lipinski definition) is 5. The maximum Gasteiger partial charge on any atom is 0.281 e. The second-order valence-corrected chi connectivity index (χ2v) is 8.47. The van der Waals surface area contributed by atoms with Crippen LogP contribution in [-0.2, 0) is 10.2 Å². The molecule has 2 heterocycles. The molecule has 2 rings (SSSR count). The minimum atomic E-state index is -3.40. The van der Waals surface area contributed by atoms with Gasteiger partial charge in [-0.25, -0.2) is 4.98 Å². The Kier molecular flexibility index (Phi) is 4.66. The van der Waals surface area contributed by atoms with Crippen molar-refractivity contribution >= 4 is 27.5 Å². The van der Waals surface area contributed by atoms with Crippen LogP contribution in [0.1, 0.15) is 20.4 Å². The van der Waals surface area contributed by atoms with Gasteiger partial charge < -0.3 is 4.90 Å². The van der Waals surface area contributed by atoms with E-state index in [-0.39, 0.29) is 5.91 Å². The summed E-state index contributed by atoms with van der Waals surface area (Å²) in [7, 11) is -0.378. The van der Waals surface area contributed by atoms with Crippen LogP contribution in [0.5, 0.6) is 0 Å². The fourth-order valence-corrected chi connectivity index (χ4v) is 4.20. The van der Waals surface area contributed by atoms with Gasteiger partial charge in [-0.15, -0.1) is 11.3 Å². The zero-order valence-corrected chi connectivity index (χ0v) is 14.3. The summed E-state index contributed by atoms with van der Waals surface area (Å²) in [4.78, 5) is 19.1. The van der Waals surface area contributed by atoms with Crippen molar-refractivity contribution in [2.45, 2.75) is 13.8 Å². The second-order valence-electron chi connectivity index (χ2n) is 5.13. The van der Waals surface area contributed by atoms with Crippen LogP contribution in [0.15, 0.2) is 0 Å². The number of nitrogens with zero attached hydrogens (tertiary/aromatic N) is 4. The summed E-state index contributed by atoms with van der Waals surface area (Å²) in [5, 5.41) is 0.865. The highest BCUT2D eigenvalue weighted by molar-refractivity contribution is 7.86. The van der Waals surface area contributed by atoms with Crippen LogP contribution < -0.4 is 0 Å². The lowest BCUT2D eigenvalue weighted by Gasteiger charge is -2.35. The molecule has 0 bridgehead atoms. The third-order valence-corrected chi connectivity index (χ3v) is 6.41. The first-order chi connectivity index (χ1) is 9.73. The van der Waals surface area contributed by atoms with Gasteiger partial charge in [0.05, 0.1) is 10.7 Å². The molecule has 21 heavy (non-hydrogen) atoms. The molecule has 0 unspecified atom stereocenters. The molecule has 118 valence electrons. The number of piperazine rings is 1. The van der Waals surface area contributed by atoms with Crippen molar-refractivity contribution in [2.75, 3.05) is 40.3 Å². The maximum atomic E-state index is 12.4. The predicted molar refractivity (Wildman–Crippen MR) is 81.7 cm³/mol. The number of carbonyl (C=O) groups excluding carboxylic acids is 1. The number of hydrogen-bond donors (Lipinski definition) is 0. The molecule has 0 N–H and O–H groups in total. The van der Waals surface area contributed by atoms with E-state index in [1.807, 2.05) is 13.8 Å². The molecule has 1 aliphatic heterocycles. The Hall–Kier alpha value is -1.03. The first-order valence-corrected chi connectivity index (χ1v) is 8.85. The Morgan fingerprint density at radius 2 is 1.76 bits per heavy atom. The lowest BCUT2D eigenvalue weighted by molar-refractivity contribution is 0.0699. The quantitative estimate of drug-likeness (QED) is 0.799. The van der Waals surface area contributed by atoms with E-state index in [1.54, 1.807) is 4.90 Å². The van der Waals surface area contributed by atoms with Gasteiger partial charge in [0.25, 0.3) is 16.1 Å². The van der Waals surface area contributed by atoms with Gasteiger partial charge in [0.1, 0.15) is 4.88 Å². The summed E-state index contributed by atoms with van der Waals surface area (Å²) in [6, 6.07) is 0. The van der Waals surface area contributed by atoms with E-state index in [4.69, 9.17) is 0 Å². The summed E-state index contributed by atoms with van der Waals surface area (Å²) in [6.45, 7) is 5.15. The zero-order valence-electron chi connectivity index (χ0n) is 12.7. The lowest BCUT2D eigenvalue weighted by atomic mass is 10.3. The Morgan fingerprint density at radius 1 is 1.19 bits per heavy atom. The van der Waals surface area contributed by atoms with Gasteiger partial charge in [-0.2, -0.15) is 17.0 Å². The number of aromatic nitrogens is 1. The Balaban J connectivity index is 2.05. The molecule has 0 aromatic carbocycles. The molecular weight excluding hydrogens is 312 g/mol. The summed E-state index contributed by atoms with van der Waals surface area (Å²) < 4.78 is 26.7. The monoisotopic (exact) mass is 332 g/mol. The van der Waals surface area contributed by atoms with E-state index in [0.717, 1.165) is 10.7 Å². The van der Waals surface area contributed by atoms with Crippen molar-refractivity contribution in [3.05, 3.63) is 15.6 Å². The topological polar surface area (TPSA) is 73.8 Å². The molecule has 0 atom stereocenters. The molecule has 1 aliphatic rings. The maximum absolute atomic E-state index is 12.4. The Bertz CT molecular complexity index is 631.